The monoisotopic (exact) mass is 174 g/mol. The average molecular weight is 174 g/mol. The van der Waals surface area contributed by atoms with E-state index in [4.69, 9.17) is 0 Å². The summed E-state index contributed by atoms with van der Waals surface area (Å²) in [6.07, 6.45) is 8.70. The van der Waals surface area contributed by atoms with Crippen LogP contribution in [0.1, 0.15) is 44.9 Å². The Morgan fingerprint density at radius 3 is 1.91 bits per heavy atom. The molecule has 2 rings (SSSR count). The van der Waals surface area contributed by atoms with Gasteiger partial charge < -0.3 is 5.11 Å². The quantitative estimate of drug-likeness (QED) is 0.646. The molecule has 11 heavy (non-hydrogen) atoms. The molecular weight excluding hydrogens is 156 g/mol. The van der Waals surface area contributed by atoms with Crippen molar-refractivity contribution in [1.29, 1.82) is 0 Å². The minimum atomic E-state index is -0.198. The Balaban J connectivity index is 0.000000605. The van der Waals surface area contributed by atoms with E-state index in [0.29, 0.717) is 5.92 Å². The highest BCUT2D eigenvalue weighted by Crippen LogP contribution is 2.45. The lowest BCUT2D eigenvalue weighted by atomic mass is 9.70. The highest BCUT2D eigenvalue weighted by Gasteiger charge is 2.42. The molecule has 0 heterocycles. The molecule has 0 aliphatic heterocycles. The summed E-state index contributed by atoms with van der Waals surface area (Å²) < 4.78 is 0. The Bertz CT molecular complexity index is 126. The van der Waals surface area contributed by atoms with Gasteiger partial charge in [0.05, 0.1) is 5.60 Å². The molecule has 0 unspecified atom stereocenters. The van der Waals surface area contributed by atoms with Crippen LogP contribution in [0.5, 0.6) is 0 Å². The van der Waals surface area contributed by atoms with Gasteiger partial charge in [0, 0.05) is 0 Å². The molecule has 0 aromatic heterocycles. The summed E-state index contributed by atoms with van der Waals surface area (Å²) >= 11 is 0. The molecule has 66 valence electrons. The average Bonchev–Trinajstić information content (AvgIpc) is 2.33. The van der Waals surface area contributed by atoms with Crippen LogP contribution < -0.4 is 0 Å². The Morgan fingerprint density at radius 1 is 1.00 bits per heavy atom. The zero-order valence-corrected chi connectivity index (χ0v) is 7.97. The third-order valence-electron chi connectivity index (χ3n) is 3.33. The van der Waals surface area contributed by atoms with Crippen LogP contribution in [0.2, 0.25) is 0 Å². The summed E-state index contributed by atoms with van der Waals surface area (Å²) in [5.41, 5.74) is -0.198. The van der Waals surface area contributed by atoms with Gasteiger partial charge >= 0.3 is 0 Å². The number of hydrogen-bond acceptors (Lipinski definition) is 1. The summed E-state index contributed by atoms with van der Waals surface area (Å²) in [5.74, 6) is 0.668. The molecule has 0 aromatic rings. The zero-order chi connectivity index (χ0) is 7.03. The topological polar surface area (TPSA) is 20.2 Å². The summed E-state index contributed by atoms with van der Waals surface area (Å²) in [6.45, 7) is 0. The van der Waals surface area contributed by atoms with Gasteiger partial charge in [-0.3, -0.25) is 0 Å². The minimum Gasteiger partial charge on any atom is -0.390 e. The van der Waals surface area contributed by atoms with Crippen LogP contribution in [0, 0.1) is 5.92 Å². The summed E-state index contributed by atoms with van der Waals surface area (Å²) in [5, 5.41) is 9.91. The van der Waals surface area contributed by atoms with Crippen molar-refractivity contribution < 1.29 is 5.11 Å². The molecule has 1 N–H and O–H groups in total. The molecule has 0 saturated heterocycles. The molecule has 0 amide bonds. The van der Waals surface area contributed by atoms with E-state index in [9.17, 15) is 5.11 Å². The molecule has 2 heteroatoms. The van der Waals surface area contributed by atoms with Crippen molar-refractivity contribution >= 4 is 13.5 Å². The minimum absolute atomic E-state index is 0. The van der Waals surface area contributed by atoms with Crippen LogP contribution in [0.3, 0.4) is 0 Å². The first-order chi connectivity index (χ1) is 4.81. The standard InChI is InChI=1S/C9H16O.H2S/c10-9(6-3-7-9)8-4-1-2-5-8;/h8,10H,1-7H2;1H2. The van der Waals surface area contributed by atoms with Gasteiger partial charge in [-0.25, -0.2) is 0 Å². The van der Waals surface area contributed by atoms with E-state index >= 15 is 0 Å². The molecule has 0 aromatic carbocycles. The van der Waals surface area contributed by atoms with Crippen LogP contribution in [0.25, 0.3) is 0 Å². The van der Waals surface area contributed by atoms with Gasteiger partial charge in [-0.05, 0) is 38.0 Å². The van der Waals surface area contributed by atoms with Gasteiger partial charge in [-0.1, -0.05) is 12.8 Å². The predicted molar refractivity (Wildman–Crippen MR) is 51.1 cm³/mol. The second-order valence-corrected chi connectivity index (χ2v) is 3.94. The second kappa shape index (κ2) is 3.36. The molecule has 2 aliphatic carbocycles. The Morgan fingerprint density at radius 2 is 1.55 bits per heavy atom. The number of aliphatic hydroxyl groups is 1. The van der Waals surface area contributed by atoms with E-state index in [1.807, 2.05) is 0 Å². The van der Waals surface area contributed by atoms with Crippen molar-refractivity contribution in [2.75, 3.05) is 0 Å². The first kappa shape index (κ1) is 9.40. The van der Waals surface area contributed by atoms with Crippen LogP contribution in [-0.4, -0.2) is 10.7 Å². The summed E-state index contributed by atoms with van der Waals surface area (Å²) in [4.78, 5) is 0. The van der Waals surface area contributed by atoms with Crippen LogP contribution in [0.15, 0.2) is 0 Å². The van der Waals surface area contributed by atoms with Crippen LogP contribution >= 0.6 is 13.5 Å². The van der Waals surface area contributed by atoms with Crippen molar-refractivity contribution in [3.63, 3.8) is 0 Å². The third-order valence-corrected chi connectivity index (χ3v) is 3.33. The largest absolute Gasteiger partial charge is 0.390 e. The normalized spacial score (nSPS) is 29.2. The lowest BCUT2D eigenvalue weighted by Crippen LogP contribution is -2.43. The fourth-order valence-corrected chi connectivity index (χ4v) is 2.41. The lowest BCUT2D eigenvalue weighted by Gasteiger charge is -2.41. The second-order valence-electron chi connectivity index (χ2n) is 3.94. The van der Waals surface area contributed by atoms with Gasteiger partial charge in [0.15, 0.2) is 0 Å². The predicted octanol–water partition coefficient (Wildman–Crippen LogP) is 2.20. The maximum absolute atomic E-state index is 9.91. The lowest BCUT2D eigenvalue weighted by molar-refractivity contribution is -0.0812. The smallest absolute Gasteiger partial charge is 0.0675 e. The van der Waals surface area contributed by atoms with E-state index in [1.54, 1.807) is 0 Å². The van der Waals surface area contributed by atoms with Gasteiger partial charge in [0.2, 0.25) is 0 Å². The van der Waals surface area contributed by atoms with Gasteiger partial charge in [0.25, 0.3) is 0 Å². The molecule has 1 nitrogen and oxygen atoms in total. The maximum atomic E-state index is 9.91. The fourth-order valence-electron chi connectivity index (χ4n) is 2.41. The van der Waals surface area contributed by atoms with Gasteiger partial charge in [0.1, 0.15) is 0 Å². The molecule has 0 atom stereocenters. The Labute approximate surface area is 75.6 Å². The molecule has 2 saturated carbocycles. The van der Waals surface area contributed by atoms with E-state index in [0.717, 1.165) is 12.8 Å². The molecule has 0 spiro atoms. The van der Waals surface area contributed by atoms with Crippen molar-refractivity contribution in [2.45, 2.75) is 50.5 Å². The van der Waals surface area contributed by atoms with Crippen molar-refractivity contribution in [3.8, 4) is 0 Å². The van der Waals surface area contributed by atoms with Crippen molar-refractivity contribution in [2.24, 2.45) is 5.92 Å². The fraction of sp³-hybridized carbons (Fsp3) is 1.00. The van der Waals surface area contributed by atoms with Crippen LogP contribution in [-0.2, 0) is 0 Å². The first-order valence-electron chi connectivity index (χ1n) is 4.54. The van der Waals surface area contributed by atoms with Gasteiger partial charge in [-0.15, -0.1) is 0 Å². The first-order valence-corrected chi connectivity index (χ1v) is 4.54. The van der Waals surface area contributed by atoms with Crippen molar-refractivity contribution in [3.05, 3.63) is 0 Å². The molecule has 2 fully saturated rings. The summed E-state index contributed by atoms with van der Waals surface area (Å²) in [6, 6.07) is 0. The SMILES string of the molecule is OC1(C2CCCC2)CCC1.S. The van der Waals surface area contributed by atoms with Gasteiger partial charge in [-0.2, -0.15) is 13.5 Å². The number of rotatable bonds is 1. The summed E-state index contributed by atoms with van der Waals surface area (Å²) in [7, 11) is 0. The zero-order valence-electron chi connectivity index (χ0n) is 6.97. The van der Waals surface area contributed by atoms with Crippen molar-refractivity contribution in [1.82, 2.24) is 0 Å². The van der Waals surface area contributed by atoms with E-state index < -0.39 is 0 Å². The Hall–Kier alpha value is 0.310. The third kappa shape index (κ3) is 1.57. The van der Waals surface area contributed by atoms with Crippen LogP contribution in [0.4, 0.5) is 0 Å². The highest BCUT2D eigenvalue weighted by atomic mass is 32.1. The molecule has 0 radical (unpaired) electrons. The molecular formula is C9H18OS. The molecule has 0 bridgehead atoms. The van der Waals surface area contributed by atoms with E-state index in [1.165, 1.54) is 32.1 Å². The molecule has 2 aliphatic rings. The number of hydrogen-bond donors (Lipinski definition) is 1. The maximum Gasteiger partial charge on any atom is 0.0675 e. The Kier molecular flexibility index (Phi) is 2.87. The van der Waals surface area contributed by atoms with E-state index in [2.05, 4.69) is 0 Å². The highest BCUT2D eigenvalue weighted by molar-refractivity contribution is 7.59. The van der Waals surface area contributed by atoms with E-state index in [-0.39, 0.29) is 19.1 Å².